The first-order chi connectivity index (χ1) is 5.49. The van der Waals surface area contributed by atoms with Gasteiger partial charge in [-0.15, -0.1) is 0 Å². The zero-order valence-electron chi connectivity index (χ0n) is 8.34. The summed E-state index contributed by atoms with van der Waals surface area (Å²) < 4.78 is 5.74. The summed E-state index contributed by atoms with van der Waals surface area (Å²) >= 11 is 0. The predicted molar refractivity (Wildman–Crippen MR) is 49.1 cm³/mol. The van der Waals surface area contributed by atoms with Crippen LogP contribution in [0.5, 0.6) is 0 Å². The molecule has 0 heterocycles. The molecule has 1 aliphatic carbocycles. The fourth-order valence-electron chi connectivity index (χ4n) is 1.67. The Morgan fingerprint density at radius 1 is 1.17 bits per heavy atom. The lowest BCUT2D eigenvalue weighted by Crippen LogP contribution is -2.38. The Morgan fingerprint density at radius 2 is 1.75 bits per heavy atom. The minimum Gasteiger partial charge on any atom is -0.390 e. The van der Waals surface area contributed by atoms with Crippen molar-refractivity contribution in [2.24, 2.45) is 0 Å². The molecule has 72 valence electrons. The molecule has 0 aromatic carbocycles. The molecule has 1 aliphatic rings. The van der Waals surface area contributed by atoms with Crippen LogP contribution in [-0.2, 0) is 4.74 Å². The second-order valence-corrected chi connectivity index (χ2v) is 4.62. The van der Waals surface area contributed by atoms with Gasteiger partial charge in [0.05, 0.1) is 17.8 Å². The van der Waals surface area contributed by atoms with Gasteiger partial charge in [-0.3, -0.25) is 0 Å². The van der Waals surface area contributed by atoms with Gasteiger partial charge in [0.2, 0.25) is 0 Å². The lowest BCUT2D eigenvalue weighted by atomic mass is 9.94. The van der Waals surface area contributed by atoms with E-state index in [1.54, 1.807) is 0 Å². The molecule has 0 spiro atoms. The monoisotopic (exact) mass is 172 g/mol. The van der Waals surface area contributed by atoms with E-state index in [1.807, 2.05) is 20.8 Å². The lowest BCUT2D eigenvalue weighted by Gasteiger charge is -2.33. The molecule has 2 atom stereocenters. The Bertz CT molecular complexity index is 137. The van der Waals surface area contributed by atoms with Crippen LogP contribution < -0.4 is 0 Å². The highest BCUT2D eigenvalue weighted by molar-refractivity contribution is 4.77. The van der Waals surface area contributed by atoms with Gasteiger partial charge in [-0.25, -0.2) is 0 Å². The van der Waals surface area contributed by atoms with E-state index < -0.39 is 0 Å². The highest BCUT2D eigenvalue weighted by Gasteiger charge is 2.27. The van der Waals surface area contributed by atoms with E-state index in [1.165, 1.54) is 6.42 Å². The fourth-order valence-corrected chi connectivity index (χ4v) is 1.67. The van der Waals surface area contributed by atoms with Crippen molar-refractivity contribution < 1.29 is 9.84 Å². The average Bonchev–Trinajstić information content (AvgIpc) is 1.91. The third-order valence-electron chi connectivity index (χ3n) is 2.17. The van der Waals surface area contributed by atoms with Gasteiger partial charge < -0.3 is 9.84 Å². The quantitative estimate of drug-likeness (QED) is 0.656. The van der Waals surface area contributed by atoms with Gasteiger partial charge >= 0.3 is 0 Å². The molecule has 1 saturated carbocycles. The van der Waals surface area contributed by atoms with E-state index in [9.17, 15) is 5.11 Å². The highest BCUT2D eigenvalue weighted by atomic mass is 16.5. The molecule has 0 saturated heterocycles. The van der Waals surface area contributed by atoms with Crippen molar-refractivity contribution in [3.05, 3.63) is 0 Å². The number of hydrogen-bond donors (Lipinski definition) is 1. The molecule has 0 unspecified atom stereocenters. The van der Waals surface area contributed by atoms with Gasteiger partial charge in [0.1, 0.15) is 0 Å². The molecule has 2 heteroatoms. The zero-order valence-corrected chi connectivity index (χ0v) is 8.34. The Morgan fingerprint density at radius 3 is 2.25 bits per heavy atom. The van der Waals surface area contributed by atoms with Crippen molar-refractivity contribution in [1.82, 2.24) is 0 Å². The molecular formula is C10H20O2. The number of ether oxygens (including phenoxy) is 1. The molecule has 2 nitrogen and oxygen atoms in total. The van der Waals surface area contributed by atoms with Gasteiger partial charge in [-0.05, 0) is 33.6 Å². The standard InChI is InChI=1S/C10H20O2/c1-10(2,3)12-9-7-5-4-6-8(9)11/h8-9,11H,4-7H2,1-3H3/t8-,9-/m0/s1. The van der Waals surface area contributed by atoms with Crippen LogP contribution in [-0.4, -0.2) is 22.9 Å². The Balaban J connectivity index is 2.39. The van der Waals surface area contributed by atoms with Crippen LogP contribution in [0.2, 0.25) is 0 Å². The first-order valence-electron chi connectivity index (χ1n) is 4.85. The maximum absolute atomic E-state index is 9.61. The molecule has 1 N–H and O–H groups in total. The third kappa shape index (κ3) is 3.11. The average molecular weight is 172 g/mol. The molecule has 1 fully saturated rings. The number of rotatable bonds is 1. The van der Waals surface area contributed by atoms with Crippen molar-refractivity contribution in [3.8, 4) is 0 Å². The maximum atomic E-state index is 9.61. The summed E-state index contributed by atoms with van der Waals surface area (Å²) in [5.74, 6) is 0. The van der Waals surface area contributed by atoms with Crippen LogP contribution in [0, 0.1) is 0 Å². The van der Waals surface area contributed by atoms with Crippen LogP contribution >= 0.6 is 0 Å². The second kappa shape index (κ2) is 3.75. The largest absolute Gasteiger partial charge is 0.390 e. The summed E-state index contributed by atoms with van der Waals surface area (Å²) in [5.41, 5.74) is -0.122. The number of aliphatic hydroxyl groups excluding tert-OH is 1. The summed E-state index contributed by atoms with van der Waals surface area (Å²) in [6.45, 7) is 6.11. The van der Waals surface area contributed by atoms with E-state index in [2.05, 4.69) is 0 Å². The summed E-state index contributed by atoms with van der Waals surface area (Å²) in [7, 11) is 0. The summed E-state index contributed by atoms with van der Waals surface area (Å²) in [5, 5.41) is 9.61. The minimum atomic E-state index is -0.238. The second-order valence-electron chi connectivity index (χ2n) is 4.62. The van der Waals surface area contributed by atoms with Crippen molar-refractivity contribution in [3.63, 3.8) is 0 Å². The lowest BCUT2D eigenvalue weighted by molar-refractivity contribution is -0.124. The SMILES string of the molecule is CC(C)(C)O[C@H]1CCCC[C@@H]1O. The smallest absolute Gasteiger partial charge is 0.0841 e. The van der Waals surface area contributed by atoms with Crippen LogP contribution in [0.1, 0.15) is 46.5 Å². The first-order valence-corrected chi connectivity index (χ1v) is 4.85. The van der Waals surface area contributed by atoms with E-state index in [0.29, 0.717) is 0 Å². The van der Waals surface area contributed by atoms with E-state index >= 15 is 0 Å². The van der Waals surface area contributed by atoms with Crippen LogP contribution in [0.4, 0.5) is 0 Å². The van der Waals surface area contributed by atoms with Gasteiger partial charge in [0, 0.05) is 0 Å². The fraction of sp³-hybridized carbons (Fsp3) is 1.00. The summed E-state index contributed by atoms with van der Waals surface area (Å²) in [6.07, 6.45) is 4.08. The summed E-state index contributed by atoms with van der Waals surface area (Å²) in [6, 6.07) is 0. The van der Waals surface area contributed by atoms with E-state index in [-0.39, 0.29) is 17.8 Å². The van der Waals surface area contributed by atoms with Gasteiger partial charge in [0.25, 0.3) is 0 Å². The molecule has 0 radical (unpaired) electrons. The van der Waals surface area contributed by atoms with Crippen LogP contribution in [0.15, 0.2) is 0 Å². The number of hydrogen-bond acceptors (Lipinski definition) is 2. The molecule has 0 aromatic heterocycles. The molecule has 1 rings (SSSR count). The topological polar surface area (TPSA) is 29.5 Å². The Hall–Kier alpha value is -0.0800. The Labute approximate surface area is 74.9 Å². The normalized spacial score (nSPS) is 32.0. The van der Waals surface area contributed by atoms with Gasteiger partial charge in [-0.2, -0.15) is 0 Å². The molecule has 0 aromatic rings. The first kappa shape index (κ1) is 10.0. The third-order valence-corrected chi connectivity index (χ3v) is 2.17. The van der Waals surface area contributed by atoms with Gasteiger partial charge in [0.15, 0.2) is 0 Å². The molecular weight excluding hydrogens is 152 g/mol. The highest BCUT2D eigenvalue weighted by Crippen LogP contribution is 2.24. The minimum absolute atomic E-state index is 0.0683. The van der Waals surface area contributed by atoms with Gasteiger partial charge in [-0.1, -0.05) is 12.8 Å². The zero-order chi connectivity index (χ0) is 9.19. The summed E-state index contributed by atoms with van der Waals surface area (Å²) in [4.78, 5) is 0. The van der Waals surface area contributed by atoms with Crippen molar-refractivity contribution in [2.45, 2.75) is 64.3 Å². The molecule has 0 bridgehead atoms. The maximum Gasteiger partial charge on any atom is 0.0841 e. The van der Waals surface area contributed by atoms with Crippen molar-refractivity contribution >= 4 is 0 Å². The molecule has 0 amide bonds. The van der Waals surface area contributed by atoms with E-state index in [4.69, 9.17) is 4.74 Å². The number of aliphatic hydroxyl groups is 1. The predicted octanol–water partition coefficient (Wildman–Crippen LogP) is 2.11. The molecule has 12 heavy (non-hydrogen) atoms. The van der Waals surface area contributed by atoms with E-state index in [0.717, 1.165) is 19.3 Å². The van der Waals surface area contributed by atoms with Crippen LogP contribution in [0.25, 0.3) is 0 Å². The van der Waals surface area contributed by atoms with Crippen LogP contribution in [0.3, 0.4) is 0 Å². The van der Waals surface area contributed by atoms with Crippen molar-refractivity contribution in [2.75, 3.05) is 0 Å². The van der Waals surface area contributed by atoms with Crippen molar-refractivity contribution in [1.29, 1.82) is 0 Å². The molecule has 0 aliphatic heterocycles. The Kier molecular flexibility index (Phi) is 3.13.